The predicted octanol–water partition coefficient (Wildman–Crippen LogP) is -3.78. The molecule has 4 N–H and O–H groups in total. The number of hydrogen-bond donors (Lipinski definition) is 1. The van der Waals surface area contributed by atoms with Crippen LogP contribution in [-0.2, 0) is 48.9 Å². The summed E-state index contributed by atoms with van der Waals surface area (Å²) in [6, 6.07) is 0. The van der Waals surface area contributed by atoms with Crippen LogP contribution in [0.5, 0.6) is 0 Å². The van der Waals surface area contributed by atoms with E-state index in [1.165, 1.54) is 0 Å². The maximum Gasteiger partial charge on any atom is 3.00 e. The quantitative estimate of drug-likeness (QED) is 0.275. The van der Waals surface area contributed by atoms with Crippen molar-refractivity contribution in [3.8, 4) is 0 Å². The van der Waals surface area contributed by atoms with E-state index in [1.54, 1.807) is 0 Å². The summed E-state index contributed by atoms with van der Waals surface area (Å²) in [7, 11) is -21.7. The maximum absolute atomic E-state index is 9.29. The second-order valence-corrected chi connectivity index (χ2v) is 6.12. The van der Waals surface area contributed by atoms with Gasteiger partial charge in [0, 0.05) is 0 Å². The average Bonchev–Trinajstić information content (AvgIpc) is 1.64. The van der Waals surface area contributed by atoms with E-state index < -0.39 is 41.6 Å². The van der Waals surface area contributed by atoms with Crippen molar-refractivity contribution < 1.29 is 99.5 Å². The Hall–Kier alpha value is 0.858. The summed E-state index contributed by atoms with van der Waals surface area (Å²) in [5.41, 5.74) is 0. The van der Waals surface area contributed by atoms with Gasteiger partial charge in [-0.25, -0.2) is 33.7 Å². The molecule has 0 saturated heterocycles. The van der Waals surface area contributed by atoms with Gasteiger partial charge in [-0.15, -0.1) is 0 Å². The molecule has 0 spiro atoms. The van der Waals surface area contributed by atoms with Gasteiger partial charge in [-0.2, -0.15) is 7.26 Å². The number of rotatable bonds is 4. The molecule has 0 bridgehead atoms. The van der Waals surface area contributed by atoms with E-state index in [-0.39, 0.29) is 46.5 Å². The summed E-state index contributed by atoms with van der Waals surface area (Å²) in [5, 5.41) is 0. The van der Waals surface area contributed by atoms with Crippen LogP contribution in [0.3, 0.4) is 0 Å². The second-order valence-electron chi connectivity index (χ2n) is 1.77. The Bertz CT molecular complexity index is 537. The Morgan fingerprint density at radius 3 is 0.600 bits per heavy atom. The van der Waals surface area contributed by atoms with Gasteiger partial charge in [0.1, 0.15) is 0 Å². The zero-order valence-electron chi connectivity index (χ0n) is 8.76. The predicted molar refractivity (Wildman–Crippen MR) is 46.9 cm³/mol. The van der Waals surface area contributed by atoms with E-state index in [1.807, 2.05) is 0 Å². The van der Waals surface area contributed by atoms with Crippen molar-refractivity contribution in [2.45, 2.75) is 0 Å². The Labute approximate surface area is 146 Å². The largest absolute Gasteiger partial charge is 3.00 e. The van der Waals surface area contributed by atoms with Crippen LogP contribution in [0.2, 0.25) is 0 Å². The van der Waals surface area contributed by atoms with Gasteiger partial charge in [-0.05, 0) is 0 Å². The fourth-order valence-electron chi connectivity index (χ4n) is 0.204. The summed E-state index contributed by atoms with van der Waals surface area (Å²) < 4.78 is 116. The number of quaternary nitrogens is 1. The molecule has 0 aromatic rings. The van der Waals surface area contributed by atoms with E-state index in [0.29, 0.717) is 0 Å². The van der Waals surface area contributed by atoms with Gasteiger partial charge in [0.2, 0.25) is 41.6 Å². The molecule has 15 nitrogen and oxygen atoms in total. The van der Waals surface area contributed by atoms with Gasteiger partial charge in [0.05, 0.1) is 0 Å². The Morgan fingerprint density at radius 1 is 0.500 bits per heavy atom. The monoisotopic (exact) mass is 522 g/mol. The summed E-state index contributed by atoms with van der Waals surface area (Å²) in [6.07, 6.45) is 0. The molecule has 0 atom stereocenters. The Balaban J connectivity index is -0.000000116. The van der Waals surface area contributed by atoms with Gasteiger partial charge in [-0.3, -0.25) is 0 Å². The Kier molecular flexibility index (Phi) is 14.2. The summed E-state index contributed by atoms with van der Waals surface area (Å²) >= 11 is 0. The first-order chi connectivity index (χ1) is 7.41. The second kappa shape index (κ2) is 9.79. The van der Waals surface area contributed by atoms with E-state index >= 15 is 0 Å². The van der Waals surface area contributed by atoms with E-state index in [9.17, 15) is 51.9 Å². The molecule has 0 fully saturated rings. The Morgan fingerprint density at radius 2 is 0.600 bits per heavy atom. The normalized spacial score (nSPS) is 12.2. The molecule has 0 aliphatic heterocycles. The molecular formula is H4NO14S4Sm. The molecule has 0 aromatic heterocycles. The fourth-order valence-corrected chi connectivity index (χ4v) is 1.84. The van der Waals surface area contributed by atoms with Crippen LogP contribution in [0.1, 0.15) is 0 Å². The molecule has 123 valence electrons. The fraction of sp³-hybridized carbons (Fsp3) is 0. The van der Waals surface area contributed by atoms with Crippen LogP contribution >= 0.6 is 0 Å². The first-order valence-electron chi connectivity index (χ1n) is 2.67. The van der Waals surface area contributed by atoms with Crippen LogP contribution in [0.25, 0.3) is 0 Å². The zero-order chi connectivity index (χ0) is 15.4. The van der Waals surface area contributed by atoms with Crippen molar-refractivity contribution in [3.05, 3.63) is 0 Å². The van der Waals surface area contributed by atoms with Gasteiger partial charge in [-0.1, -0.05) is 0 Å². The van der Waals surface area contributed by atoms with E-state index in [4.69, 9.17) is 0 Å². The summed E-state index contributed by atoms with van der Waals surface area (Å²) in [4.78, 5) is 0. The van der Waals surface area contributed by atoms with Crippen molar-refractivity contribution in [1.82, 2.24) is 6.15 Å². The molecule has 0 aromatic carbocycles. The van der Waals surface area contributed by atoms with Gasteiger partial charge >= 0.3 is 40.4 Å². The molecular weight excluding hydrogens is 517 g/mol. The third-order valence-electron chi connectivity index (χ3n) is 0.333. The van der Waals surface area contributed by atoms with Gasteiger partial charge in [0.15, 0.2) is 0 Å². The molecule has 1 radical (unpaired) electrons. The van der Waals surface area contributed by atoms with Crippen molar-refractivity contribution in [1.29, 1.82) is 0 Å². The van der Waals surface area contributed by atoms with Crippen LogP contribution in [0.4, 0.5) is 0 Å². The standard InChI is InChI=1S/H3N.2H2O7S2.Sm/c;2*1-8(2,3)7-9(4,5)6;/h1H3;2*(H,1,2,3)(H,4,5,6);/q;;;+3/p-3. The van der Waals surface area contributed by atoms with Crippen LogP contribution < -0.4 is 6.15 Å². The molecule has 0 unspecified atom stereocenters. The molecule has 20 heavy (non-hydrogen) atoms. The van der Waals surface area contributed by atoms with Crippen molar-refractivity contribution in [2.24, 2.45) is 0 Å². The first-order valence-corrected chi connectivity index (χ1v) is 8.00. The molecule has 20 heteroatoms. The third-order valence-corrected chi connectivity index (χ3v) is 3.00. The summed E-state index contributed by atoms with van der Waals surface area (Å²) in [5.74, 6) is 0. The molecule has 0 heterocycles. The third kappa shape index (κ3) is 36.4. The van der Waals surface area contributed by atoms with Gasteiger partial charge in [0.25, 0.3) is 0 Å². The van der Waals surface area contributed by atoms with Crippen LogP contribution in [0, 0.1) is 40.4 Å². The van der Waals surface area contributed by atoms with Crippen molar-refractivity contribution >= 4 is 41.6 Å². The average molecular weight is 521 g/mol. The molecule has 0 rings (SSSR count). The maximum atomic E-state index is 9.29. The van der Waals surface area contributed by atoms with Crippen molar-refractivity contribution in [3.63, 3.8) is 0 Å². The SMILES string of the molecule is O=S(=O)([O-])OS(=O)(=O)[O-].O=S(=O)([O-])OS(=O)(=O)[O-].[NH4+].[Sm+3]. The minimum absolute atomic E-state index is 0. The van der Waals surface area contributed by atoms with Gasteiger partial charge < -0.3 is 24.4 Å². The van der Waals surface area contributed by atoms with Crippen molar-refractivity contribution in [2.75, 3.05) is 0 Å². The van der Waals surface area contributed by atoms with E-state index in [0.717, 1.165) is 0 Å². The smallest absolute Gasteiger partial charge is 0.725 e. The van der Waals surface area contributed by atoms with Crippen LogP contribution in [0.15, 0.2) is 0 Å². The van der Waals surface area contributed by atoms with Crippen LogP contribution in [-0.4, -0.2) is 51.9 Å². The minimum Gasteiger partial charge on any atom is -0.725 e. The van der Waals surface area contributed by atoms with E-state index in [2.05, 4.69) is 7.26 Å². The zero-order valence-corrected chi connectivity index (χ0v) is 14.6. The molecule has 0 amide bonds. The topological polar surface area (TPSA) is 284 Å². The number of hydrogen-bond acceptors (Lipinski definition) is 14. The molecule has 0 saturated carbocycles. The first kappa shape index (κ1) is 28.9. The minimum atomic E-state index is -5.43. The molecule has 0 aliphatic rings. The summed E-state index contributed by atoms with van der Waals surface area (Å²) in [6.45, 7) is 0. The molecule has 0 aliphatic carbocycles.